The normalized spacial score (nSPS) is 17.7. The first-order valence-corrected chi connectivity index (χ1v) is 18.8. The summed E-state index contributed by atoms with van der Waals surface area (Å²) in [5.74, 6) is 8.78. The maximum absolute atomic E-state index is 6.04. The van der Waals surface area contributed by atoms with E-state index in [1.54, 1.807) is 0 Å². The molecule has 7 heteroatoms. The summed E-state index contributed by atoms with van der Waals surface area (Å²) in [6, 6.07) is 15.8. The second-order valence-electron chi connectivity index (χ2n) is 13.4. The first kappa shape index (κ1) is 32.7. The largest absolute Gasteiger partial charge is 0.371 e. The Labute approximate surface area is 277 Å². The van der Waals surface area contributed by atoms with Gasteiger partial charge in [0.25, 0.3) is 0 Å². The Hall–Kier alpha value is -3.23. The van der Waals surface area contributed by atoms with Crippen LogP contribution in [-0.4, -0.2) is 71.7 Å². The predicted octanol–water partition coefficient (Wildman–Crippen LogP) is 8.36. The fraction of sp³-hybridized carbons (Fsp3) is 0.436. The third-order valence-electron chi connectivity index (χ3n) is 10.1. The molecule has 0 saturated carbocycles. The van der Waals surface area contributed by atoms with Gasteiger partial charge in [-0.3, -0.25) is 4.31 Å². The van der Waals surface area contributed by atoms with Gasteiger partial charge in [0.15, 0.2) is 5.79 Å². The number of likely N-dealkylation sites (tertiary alicyclic amines) is 1. The van der Waals surface area contributed by atoms with Crippen LogP contribution in [0.4, 0.5) is 0 Å². The molecular formula is C39H52N4O2S. The molecule has 2 aromatic carbocycles. The topological polar surface area (TPSA) is 41.9 Å². The smallest absolute Gasteiger partial charge is 0.171 e. The van der Waals surface area contributed by atoms with Crippen LogP contribution in [0.3, 0.4) is 0 Å². The number of fused-ring (bicyclic) bond motifs is 5. The van der Waals surface area contributed by atoms with Crippen molar-refractivity contribution >= 4 is 44.0 Å². The van der Waals surface area contributed by atoms with E-state index in [0.717, 1.165) is 62.3 Å². The van der Waals surface area contributed by atoms with Crippen molar-refractivity contribution in [1.82, 2.24) is 18.5 Å². The van der Waals surface area contributed by atoms with E-state index in [1.165, 1.54) is 51.7 Å². The van der Waals surface area contributed by atoms with Crippen molar-refractivity contribution < 1.29 is 9.47 Å². The number of hydrogen-bond acceptors (Lipinski definition) is 5. The average molecular weight is 641 g/mol. The minimum atomic E-state index is -1.69. The Morgan fingerprint density at radius 1 is 1.00 bits per heavy atom. The van der Waals surface area contributed by atoms with Crippen molar-refractivity contribution in [3.63, 3.8) is 0 Å². The summed E-state index contributed by atoms with van der Waals surface area (Å²) in [5.41, 5.74) is 10.9. The van der Waals surface area contributed by atoms with Gasteiger partial charge < -0.3 is 23.7 Å². The maximum Gasteiger partial charge on any atom is 0.171 e. The number of allylic oxidation sites excluding steroid dienone is 1. The number of nitrogens with one attached hydrogen (secondary N) is 1. The Morgan fingerprint density at radius 2 is 1.67 bits per heavy atom. The van der Waals surface area contributed by atoms with E-state index in [4.69, 9.17) is 16.1 Å². The molecule has 3 aliphatic heterocycles. The number of hydrogen-bond donors (Lipinski definition) is 1. The highest BCUT2D eigenvalue weighted by Gasteiger charge is 2.40. The van der Waals surface area contributed by atoms with Crippen LogP contribution >= 0.6 is 9.58 Å². The predicted molar refractivity (Wildman–Crippen MR) is 200 cm³/mol. The molecule has 3 aromatic rings. The highest BCUT2D eigenvalue weighted by atomic mass is 32.2. The molecule has 3 aliphatic rings. The lowest BCUT2D eigenvalue weighted by Crippen LogP contribution is -2.44. The number of nitrogens with zero attached hydrogens (tertiary/aromatic N) is 3. The van der Waals surface area contributed by atoms with E-state index in [-0.39, 0.29) is 0 Å². The molecule has 246 valence electrons. The minimum absolute atomic E-state index is 0.409. The van der Waals surface area contributed by atoms with Crippen LogP contribution in [0.25, 0.3) is 33.9 Å². The fourth-order valence-corrected chi connectivity index (χ4v) is 8.22. The minimum Gasteiger partial charge on any atom is -0.371 e. The number of benzene rings is 2. The molecule has 6 rings (SSSR count). The lowest BCUT2D eigenvalue weighted by atomic mass is 9.86. The van der Waals surface area contributed by atoms with Gasteiger partial charge in [0.1, 0.15) is 0 Å². The van der Waals surface area contributed by atoms with Gasteiger partial charge in [-0.15, -0.1) is 0 Å². The third kappa shape index (κ3) is 6.11. The molecule has 0 bridgehead atoms. The van der Waals surface area contributed by atoms with Crippen LogP contribution in [0.5, 0.6) is 0 Å². The molecule has 1 N–H and O–H groups in total. The number of ether oxygens (including phenoxy) is 2. The van der Waals surface area contributed by atoms with Crippen molar-refractivity contribution in [1.29, 1.82) is 0 Å². The Bertz CT molecular complexity index is 1760. The van der Waals surface area contributed by atoms with E-state index in [9.17, 15) is 0 Å². The summed E-state index contributed by atoms with van der Waals surface area (Å²) in [6.45, 7) is 17.7. The lowest BCUT2D eigenvalue weighted by Gasteiger charge is -2.40. The van der Waals surface area contributed by atoms with E-state index in [2.05, 4.69) is 94.9 Å². The van der Waals surface area contributed by atoms with Crippen LogP contribution < -0.4 is 4.72 Å². The van der Waals surface area contributed by atoms with Gasteiger partial charge in [-0.1, -0.05) is 85.8 Å². The Kier molecular flexibility index (Phi) is 9.32. The summed E-state index contributed by atoms with van der Waals surface area (Å²) in [7, 11) is 2.32. The van der Waals surface area contributed by atoms with Crippen molar-refractivity contribution in [2.45, 2.75) is 70.6 Å². The van der Waals surface area contributed by atoms with Crippen LogP contribution in [0.15, 0.2) is 66.9 Å². The van der Waals surface area contributed by atoms with Gasteiger partial charge in [0.05, 0.1) is 25.5 Å². The van der Waals surface area contributed by atoms with Crippen LogP contribution in [0.1, 0.15) is 75.0 Å². The monoisotopic (exact) mass is 640 g/mol. The summed E-state index contributed by atoms with van der Waals surface area (Å²) >= 11 is 0. The Balaban J connectivity index is 1.48. The molecule has 0 unspecified atom stereocenters. The fourth-order valence-electron chi connectivity index (χ4n) is 7.46. The van der Waals surface area contributed by atoms with Crippen molar-refractivity contribution in [3.8, 4) is 11.3 Å². The molecule has 0 amide bonds. The summed E-state index contributed by atoms with van der Waals surface area (Å²) in [5, 5.41) is 1.34. The molecule has 0 radical (unpaired) electrons. The SMILES string of the molecule is C=C(NS(=C)(=C)N(C)C)c1ccc2c(C(CCC)CCC)c3n(c2c1)CC(C(=C)N1CCC2(CC1)OCCO2)=Cc1ccccc1-3. The van der Waals surface area contributed by atoms with E-state index >= 15 is 0 Å². The highest BCUT2D eigenvalue weighted by Crippen LogP contribution is 2.46. The molecule has 0 aliphatic carbocycles. The van der Waals surface area contributed by atoms with Crippen LogP contribution in [0.2, 0.25) is 0 Å². The van der Waals surface area contributed by atoms with E-state index < -0.39 is 15.4 Å². The number of rotatable bonds is 11. The Morgan fingerprint density at radius 3 is 2.33 bits per heavy atom. The number of aromatic nitrogens is 1. The first-order chi connectivity index (χ1) is 22.1. The average Bonchev–Trinajstić information content (AvgIpc) is 3.57. The second kappa shape index (κ2) is 13.1. The molecule has 46 heavy (non-hydrogen) atoms. The second-order valence-corrected chi connectivity index (χ2v) is 16.0. The molecule has 6 nitrogen and oxygen atoms in total. The molecule has 2 fully saturated rings. The van der Waals surface area contributed by atoms with Gasteiger partial charge in [-0.05, 0) is 79.0 Å². The van der Waals surface area contributed by atoms with Gasteiger partial charge in [0, 0.05) is 53.8 Å². The molecule has 0 atom stereocenters. The van der Waals surface area contributed by atoms with Gasteiger partial charge in [-0.25, -0.2) is 0 Å². The van der Waals surface area contributed by atoms with Gasteiger partial charge in [-0.2, -0.15) is 0 Å². The van der Waals surface area contributed by atoms with Crippen molar-refractivity contribution in [2.75, 3.05) is 40.4 Å². The molecule has 1 spiro atoms. The van der Waals surface area contributed by atoms with Gasteiger partial charge in [0.2, 0.25) is 0 Å². The first-order valence-electron chi connectivity index (χ1n) is 16.9. The molecular weight excluding hydrogens is 589 g/mol. The lowest BCUT2D eigenvalue weighted by molar-refractivity contribution is -0.182. The van der Waals surface area contributed by atoms with Gasteiger partial charge >= 0.3 is 0 Å². The van der Waals surface area contributed by atoms with Crippen molar-refractivity contribution in [2.24, 2.45) is 0 Å². The molecule has 2 saturated heterocycles. The third-order valence-corrected chi connectivity index (χ3v) is 12.1. The molecule has 4 heterocycles. The summed E-state index contributed by atoms with van der Waals surface area (Å²) in [6.07, 6.45) is 8.76. The van der Waals surface area contributed by atoms with Crippen LogP contribution in [0, 0.1) is 0 Å². The standard InChI is InChI=1S/C39H52N4O2S/c1-9-13-30(14-10-2)37-35-18-17-31(28(3)40-46(7,8)41(5)6)26-36(35)43-27-33(25-32-15-11-12-16-34(32)38(37)43)29(4)42-21-19-39(20-22-42)44-23-24-45-39/h11-12,15-18,25-26,30,40H,3-4,7-10,13-14,19-24,27H2,1-2,5-6H3. The molecule has 1 aromatic heterocycles. The zero-order valence-corrected chi connectivity index (χ0v) is 29.2. The summed E-state index contributed by atoms with van der Waals surface area (Å²) in [4.78, 5) is 2.43. The maximum atomic E-state index is 6.04. The van der Waals surface area contributed by atoms with E-state index in [0.29, 0.717) is 19.1 Å². The summed E-state index contributed by atoms with van der Waals surface area (Å²) < 4.78 is 20.2. The number of piperidine rings is 1. The zero-order valence-electron chi connectivity index (χ0n) is 28.4. The van der Waals surface area contributed by atoms with E-state index in [1.807, 2.05) is 18.4 Å². The van der Waals surface area contributed by atoms with Crippen LogP contribution in [-0.2, 0) is 16.0 Å². The highest BCUT2D eigenvalue weighted by molar-refractivity contribution is 8.24. The quantitative estimate of drug-likeness (QED) is 0.213. The van der Waals surface area contributed by atoms with Crippen molar-refractivity contribution in [3.05, 3.63) is 83.6 Å². The zero-order chi connectivity index (χ0) is 32.6.